The van der Waals surface area contributed by atoms with E-state index in [-0.39, 0.29) is 17.6 Å². The highest BCUT2D eigenvalue weighted by Crippen LogP contribution is 2.21. The normalized spacial score (nSPS) is 11.1. The summed E-state index contributed by atoms with van der Waals surface area (Å²) in [6, 6.07) is 12.1. The lowest BCUT2D eigenvalue weighted by Gasteiger charge is -2.03. The van der Waals surface area contributed by atoms with E-state index in [0.717, 1.165) is 11.1 Å². The molecule has 3 rings (SSSR count). The molecule has 1 heterocycles. The van der Waals surface area contributed by atoms with Gasteiger partial charge in [0, 0.05) is 5.75 Å². The number of hydrazone groups is 1. The van der Waals surface area contributed by atoms with E-state index < -0.39 is 0 Å². The third kappa shape index (κ3) is 4.54. The van der Waals surface area contributed by atoms with Gasteiger partial charge in [0.25, 0.3) is 5.95 Å². The Labute approximate surface area is 146 Å². The fourth-order valence-electron chi connectivity index (χ4n) is 1.89. The highest BCUT2D eigenvalue weighted by molar-refractivity contribution is 7.98. The molecule has 0 amide bonds. The molecule has 6 nitrogen and oxygen atoms in total. The van der Waals surface area contributed by atoms with Crippen LogP contribution < -0.4 is 11.3 Å². The number of aromatic nitrogens is 3. The number of hydrogen-bond donors (Lipinski definition) is 2. The lowest BCUT2D eigenvalue weighted by Crippen LogP contribution is -2.13. The van der Waals surface area contributed by atoms with E-state index in [1.807, 2.05) is 0 Å². The van der Waals surface area contributed by atoms with E-state index in [0.29, 0.717) is 10.9 Å². The third-order valence-corrected chi connectivity index (χ3v) is 4.21. The molecule has 0 saturated carbocycles. The number of halogens is 2. The average molecular weight is 360 g/mol. The molecule has 0 aliphatic rings. The Morgan fingerprint density at radius 2 is 1.68 bits per heavy atom. The predicted molar refractivity (Wildman–Crippen MR) is 93.8 cm³/mol. The SMILES string of the molecule is Nn1c(N/N=C/c2ccc(F)cc2)nnc1SCc1ccc(F)cc1. The molecule has 0 bridgehead atoms. The van der Waals surface area contributed by atoms with Crippen molar-refractivity contribution in [3.63, 3.8) is 0 Å². The van der Waals surface area contributed by atoms with Crippen LogP contribution >= 0.6 is 11.8 Å². The van der Waals surface area contributed by atoms with E-state index in [4.69, 9.17) is 5.84 Å². The molecule has 0 aliphatic carbocycles. The monoisotopic (exact) mass is 360 g/mol. The van der Waals surface area contributed by atoms with E-state index in [1.54, 1.807) is 24.3 Å². The Hall–Kier alpha value is -2.94. The minimum absolute atomic E-state index is 0.264. The van der Waals surface area contributed by atoms with Gasteiger partial charge in [-0.1, -0.05) is 36.0 Å². The number of anilines is 1. The van der Waals surface area contributed by atoms with Crippen LogP contribution in [0, 0.1) is 11.6 Å². The Kier molecular flexibility index (Phi) is 5.24. The second-order valence-electron chi connectivity index (χ2n) is 5.01. The smallest absolute Gasteiger partial charge is 0.264 e. The molecule has 3 N–H and O–H groups in total. The molecule has 0 saturated heterocycles. The van der Waals surface area contributed by atoms with Gasteiger partial charge in [-0.05, 0) is 35.4 Å². The zero-order chi connectivity index (χ0) is 17.6. The fraction of sp³-hybridized carbons (Fsp3) is 0.0625. The van der Waals surface area contributed by atoms with Gasteiger partial charge < -0.3 is 5.84 Å². The van der Waals surface area contributed by atoms with Crippen LogP contribution in [0.3, 0.4) is 0 Å². The van der Waals surface area contributed by atoms with E-state index in [1.165, 1.54) is 46.9 Å². The van der Waals surface area contributed by atoms with Crippen molar-refractivity contribution in [2.75, 3.05) is 11.3 Å². The van der Waals surface area contributed by atoms with E-state index >= 15 is 0 Å². The Bertz CT molecular complexity index is 861. The van der Waals surface area contributed by atoms with Gasteiger partial charge in [0.2, 0.25) is 5.16 Å². The van der Waals surface area contributed by atoms with Crippen LogP contribution in [0.25, 0.3) is 0 Å². The minimum atomic E-state index is -0.311. The molecule has 0 aliphatic heterocycles. The molecule has 9 heteroatoms. The topological polar surface area (TPSA) is 81.1 Å². The number of nitrogens with one attached hydrogen (secondary N) is 1. The summed E-state index contributed by atoms with van der Waals surface area (Å²) in [6.07, 6.45) is 1.51. The Morgan fingerprint density at radius 1 is 1.04 bits per heavy atom. The molecule has 2 aromatic carbocycles. The maximum Gasteiger partial charge on any atom is 0.264 e. The van der Waals surface area contributed by atoms with Crippen molar-refractivity contribution in [2.24, 2.45) is 5.10 Å². The standard InChI is InChI=1S/C16H14F2N6S/c17-13-5-1-11(2-6-13)9-20-21-15-22-23-16(24(15)19)25-10-12-3-7-14(18)8-4-12/h1-9H,10,19H2,(H,21,22)/b20-9+. The maximum absolute atomic E-state index is 12.9. The summed E-state index contributed by atoms with van der Waals surface area (Å²) >= 11 is 1.37. The van der Waals surface area contributed by atoms with Gasteiger partial charge in [-0.2, -0.15) is 5.10 Å². The van der Waals surface area contributed by atoms with Crippen molar-refractivity contribution in [3.8, 4) is 0 Å². The minimum Gasteiger partial charge on any atom is -0.334 e. The van der Waals surface area contributed by atoms with Crippen molar-refractivity contribution in [2.45, 2.75) is 10.9 Å². The number of thioether (sulfide) groups is 1. The molecular formula is C16H14F2N6S. The van der Waals surface area contributed by atoms with Gasteiger partial charge in [0.15, 0.2) is 0 Å². The van der Waals surface area contributed by atoms with Gasteiger partial charge in [-0.25, -0.2) is 18.9 Å². The van der Waals surface area contributed by atoms with Crippen LogP contribution in [-0.2, 0) is 5.75 Å². The summed E-state index contributed by atoms with van der Waals surface area (Å²) in [5.74, 6) is 6.17. The quantitative estimate of drug-likeness (QED) is 0.306. The number of rotatable bonds is 6. The molecule has 128 valence electrons. The average Bonchev–Trinajstić information content (AvgIpc) is 2.96. The van der Waals surface area contributed by atoms with Crippen LogP contribution in [0.2, 0.25) is 0 Å². The van der Waals surface area contributed by atoms with Gasteiger partial charge in [0.05, 0.1) is 6.21 Å². The first-order chi connectivity index (χ1) is 12.1. The zero-order valence-electron chi connectivity index (χ0n) is 12.9. The summed E-state index contributed by atoms with van der Waals surface area (Å²) in [5, 5.41) is 12.4. The largest absolute Gasteiger partial charge is 0.334 e. The van der Waals surface area contributed by atoms with Crippen molar-refractivity contribution in [1.29, 1.82) is 0 Å². The summed E-state index contributed by atoms with van der Waals surface area (Å²) in [7, 11) is 0. The first-order valence-corrected chi connectivity index (χ1v) is 8.23. The first kappa shape index (κ1) is 16.9. The molecule has 25 heavy (non-hydrogen) atoms. The van der Waals surface area contributed by atoms with Crippen LogP contribution in [0.4, 0.5) is 14.7 Å². The van der Waals surface area contributed by atoms with Crippen molar-refractivity contribution >= 4 is 23.9 Å². The van der Waals surface area contributed by atoms with Crippen LogP contribution in [0.5, 0.6) is 0 Å². The number of nitrogens with two attached hydrogens (primary N) is 1. The van der Waals surface area contributed by atoms with Crippen LogP contribution in [0.1, 0.15) is 11.1 Å². The predicted octanol–water partition coefficient (Wildman–Crippen LogP) is 3.01. The lowest BCUT2D eigenvalue weighted by atomic mass is 10.2. The number of nitrogen functional groups attached to an aromatic ring is 1. The maximum atomic E-state index is 12.9. The Morgan fingerprint density at radius 3 is 2.36 bits per heavy atom. The zero-order valence-corrected chi connectivity index (χ0v) is 13.8. The number of hydrogen-bond acceptors (Lipinski definition) is 6. The van der Waals surface area contributed by atoms with Crippen molar-refractivity contribution in [3.05, 3.63) is 71.3 Å². The molecule has 3 aromatic rings. The summed E-state index contributed by atoms with van der Waals surface area (Å²) in [6.45, 7) is 0. The molecular weight excluding hydrogens is 346 g/mol. The number of benzene rings is 2. The second-order valence-corrected chi connectivity index (χ2v) is 5.96. The van der Waals surface area contributed by atoms with Crippen LogP contribution in [-0.4, -0.2) is 21.1 Å². The molecule has 0 atom stereocenters. The lowest BCUT2D eigenvalue weighted by molar-refractivity contribution is 0.627. The van der Waals surface area contributed by atoms with Gasteiger partial charge in [0.1, 0.15) is 11.6 Å². The molecule has 1 aromatic heterocycles. The summed E-state index contributed by atoms with van der Waals surface area (Å²) in [5.41, 5.74) is 4.35. The highest BCUT2D eigenvalue weighted by atomic mass is 32.2. The van der Waals surface area contributed by atoms with E-state index in [2.05, 4.69) is 20.7 Å². The van der Waals surface area contributed by atoms with Gasteiger partial charge >= 0.3 is 0 Å². The molecule has 0 unspecified atom stereocenters. The fourth-order valence-corrected chi connectivity index (χ4v) is 2.71. The van der Waals surface area contributed by atoms with Crippen LogP contribution in [0.15, 0.2) is 58.8 Å². The Balaban J connectivity index is 1.58. The van der Waals surface area contributed by atoms with Crippen molar-refractivity contribution < 1.29 is 8.78 Å². The second kappa shape index (κ2) is 7.75. The summed E-state index contributed by atoms with van der Waals surface area (Å²) in [4.78, 5) is 0. The van der Waals surface area contributed by atoms with Gasteiger partial charge in [-0.15, -0.1) is 10.2 Å². The summed E-state index contributed by atoms with van der Waals surface area (Å²) < 4.78 is 27.0. The first-order valence-electron chi connectivity index (χ1n) is 7.24. The highest BCUT2D eigenvalue weighted by Gasteiger charge is 2.09. The molecule has 0 spiro atoms. The number of nitrogens with zero attached hydrogens (tertiary/aromatic N) is 4. The molecule has 0 radical (unpaired) electrons. The van der Waals surface area contributed by atoms with E-state index in [9.17, 15) is 8.78 Å². The third-order valence-electron chi connectivity index (χ3n) is 3.19. The van der Waals surface area contributed by atoms with Crippen molar-refractivity contribution in [1.82, 2.24) is 14.9 Å². The molecule has 0 fully saturated rings. The van der Waals surface area contributed by atoms with Gasteiger partial charge in [-0.3, -0.25) is 0 Å².